The van der Waals surface area contributed by atoms with Gasteiger partial charge in [-0.3, -0.25) is 0 Å². The van der Waals surface area contributed by atoms with Crippen LogP contribution in [0.5, 0.6) is 0 Å². The Morgan fingerprint density at radius 2 is 1.80 bits per heavy atom. The Morgan fingerprint density at radius 3 is 2.40 bits per heavy atom. The summed E-state index contributed by atoms with van der Waals surface area (Å²) < 4.78 is 0. The fourth-order valence-corrected chi connectivity index (χ4v) is 1.93. The van der Waals surface area contributed by atoms with Crippen LogP contribution < -0.4 is 0 Å². The van der Waals surface area contributed by atoms with Crippen molar-refractivity contribution in [2.24, 2.45) is 0 Å². The van der Waals surface area contributed by atoms with Crippen molar-refractivity contribution in [1.29, 1.82) is 0 Å². The Labute approximate surface area is 90.8 Å². The van der Waals surface area contributed by atoms with Gasteiger partial charge in [0.2, 0.25) is 0 Å². The van der Waals surface area contributed by atoms with Crippen LogP contribution in [0.1, 0.15) is 24.3 Å². The summed E-state index contributed by atoms with van der Waals surface area (Å²) in [5.41, 5.74) is 2.61. The molecule has 1 heteroatoms. The van der Waals surface area contributed by atoms with Gasteiger partial charge in [-0.05, 0) is 18.4 Å². The Kier molecular flexibility index (Phi) is 3.36. The van der Waals surface area contributed by atoms with Crippen molar-refractivity contribution >= 4 is 0 Å². The highest BCUT2D eigenvalue weighted by Crippen LogP contribution is 2.24. The largest absolute Gasteiger partial charge is 0.395 e. The minimum atomic E-state index is 0.154. The van der Waals surface area contributed by atoms with E-state index in [1.54, 1.807) is 0 Å². The molecule has 0 amide bonds. The minimum absolute atomic E-state index is 0.154. The van der Waals surface area contributed by atoms with Crippen molar-refractivity contribution in [2.75, 3.05) is 6.61 Å². The van der Waals surface area contributed by atoms with Crippen molar-refractivity contribution in [1.82, 2.24) is 0 Å². The standard InChI is InChI=1S/C14H16O/c15-11-14(10-12-6-4-5-7-12)13-8-2-1-3-9-13/h1-5,8-10,14-15H,6-7,11H2. The zero-order valence-electron chi connectivity index (χ0n) is 8.76. The van der Waals surface area contributed by atoms with E-state index in [1.165, 1.54) is 11.1 Å². The molecule has 0 spiro atoms. The molecule has 0 saturated carbocycles. The second-order valence-electron chi connectivity index (χ2n) is 3.90. The average molecular weight is 200 g/mol. The summed E-state index contributed by atoms with van der Waals surface area (Å²) in [7, 11) is 0. The molecule has 0 saturated heterocycles. The third-order valence-corrected chi connectivity index (χ3v) is 2.79. The molecule has 1 nitrogen and oxygen atoms in total. The monoisotopic (exact) mass is 200 g/mol. The normalized spacial score (nSPS) is 16.7. The lowest BCUT2D eigenvalue weighted by molar-refractivity contribution is 0.283. The van der Waals surface area contributed by atoms with Crippen LogP contribution in [0.15, 0.2) is 54.1 Å². The molecule has 1 N–H and O–H groups in total. The number of benzene rings is 1. The van der Waals surface area contributed by atoms with E-state index >= 15 is 0 Å². The number of allylic oxidation sites excluding steroid dienone is 3. The molecule has 0 radical (unpaired) electrons. The predicted octanol–water partition coefficient (Wildman–Crippen LogP) is 3.04. The molecule has 0 fully saturated rings. The molecule has 15 heavy (non-hydrogen) atoms. The maximum Gasteiger partial charge on any atom is 0.0534 e. The number of rotatable bonds is 3. The molecule has 1 aliphatic carbocycles. The van der Waals surface area contributed by atoms with E-state index in [9.17, 15) is 5.11 Å². The second kappa shape index (κ2) is 4.94. The molecule has 0 aliphatic heterocycles. The van der Waals surface area contributed by atoms with Crippen LogP contribution in [0, 0.1) is 0 Å². The van der Waals surface area contributed by atoms with E-state index in [-0.39, 0.29) is 12.5 Å². The van der Waals surface area contributed by atoms with Crippen LogP contribution in [0.3, 0.4) is 0 Å². The Bertz CT molecular complexity index is 352. The SMILES string of the molecule is OCC(C=C1CC=CC1)c1ccccc1. The highest BCUT2D eigenvalue weighted by Gasteiger charge is 2.09. The molecule has 1 aliphatic rings. The van der Waals surface area contributed by atoms with Gasteiger partial charge in [-0.25, -0.2) is 0 Å². The zero-order chi connectivity index (χ0) is 10.5. The lowest BCUT2D eigenvalue weighted by Crippen LogP contribution is -2.01. The van der Waals surface area contributed by atoms with Crippen molar-refractivity contribution in [2.45, 2.75) is 18.8 Å². The Hall–Kier alpha value is -1.34. The van der Waals surface area contributed by atoms with Gasteiger partial charge in [-0.15, -0.1) is 0 Å². The average Bonchev–Trinajstić information content (AvgIpc) is 2.80. The summed E-state index contributed by atoms with van der Waals surface area (Å²) in [6.45, 7) is 0.188. The van der Waals surface area contributed by atoms with Crippen LogP contribution in [-0.2, 0) is 0 Å². The molecule has 1 unspecified atom stereocenters. The van der Waals surface area contributed by atoms with Crippen LogP contribution in [0.25, 0.3) is 0 Å². The number of aliphatic hydroxyl groups is 1. The third-order valence-electron chi connectivity index (χ3n) is 2.79. The maximum atomic E-state index is 9.37. The van der Waals surface area contributed by atoms with E-state index in [0.717, 1.165) is 12.8 Å². The van der Waals surface area contributed by atoms with E-state index in [2.05, 4.69) is 30.4 Å². The van der Waals surface area contributed by atoms with E-state index in [4.69, 9.17) is 0 Å². The van der Waals surface area contributed by atoms with Gasteiger partial charge in [-0.2, -0.15) is 0 Å². The number of aliphatic hydroxyl groups excluding tert-OH is 1. The summed E-state index contributed by atoms with van der Waals surface area (Å²) in [5, 5.41) is 9.37. The van der Waals surface area contributed by atoms with E-state index in [1.807, 2.05) is 18.2 Å². The Morgan fingerprint density at radius 1 is 1.13 bits per heavy atom. The summed E-state index contributed by atoms with van der Waals surface area (Å²) in [6.07, 6.45) is 8.67. The van der Waals surface area contributed by atoms with Crippen molar-refractivity contribution in [3.05, 3.63) is 59.7 Å². The van der Waals surface area contributed by atoms with Crippen LogP contribution in [0.4, 0.5) is 0 Å². The maximum absolute atomic E-state index is 9.37. The first-order valence-corrected chi connectivity index (χ1v) is 5.40. The molecule has 1 atom stereocenters. The first kappa shape index (κ1) is 10.2. The van der Waals surface area contributed by atoms with Crippen LogP contribution in [-0.4, -0.2) is 11.7 Å². The van der Waals surface area contributed by atoms with Gasteiger partial charge in [-0.1, -0.05) is 54.1 Å². The number of hydrogen-bond donors (Lipinski definition) is 1. The fraction of sp³-hybridized carbons (Fsp3) is 0.286. The predicted molar refractivity (Wildman–Crippen MR) is 62.7 cm³/mol. The molecular formula is C14H16O. The third kappa shape index (κ3) is 2.57. The highest BCUT2D eigenvalue weighted by atomic mass is 16.3. The van der Waals surface area contributed by atoms with Gasteiger partial charge in [0, 0.05) is 5.92 Å². The molecule has 0 aromatic heterocycles. The second-order valence-corrected chi connectivity index (χ2v) is 3.90. The summed E-state index contributed by atoms with van der Waals surface area (Å²) in [6, 6.07) is 10.2. The molecule has 2 rings (SSSR count). The van der Waals surface area contributed by atoms with Crippen LogP contribution in [0.2, 0.25) is 0 Å². The first-order valence-electron chi connectivity index (χ1n) is 5.40. The van der Waals surface area contributed by atoms with Gasteiger partial charge in [0.1, 0.15) is 0 Å². The Balaban J connectivity index is 2.14. The van der Waals surface area contributed by atoms with E-state index < -0.39 is 0 Å². The topological polar surface area (TPSA) is 20.2 Å². The molecule has 0 bridgehead atoms. The summed E-state index contributed by atoms with van der Waals surface area (Å²) in [5.74, 6) is 0.154. The highest BCUT2D eigenvalue weighted by molar-refractivity contribution is 5.28. The van der Waals surface area contributed by atoms with Gasteiger partial charge >= 0.3 is 0 Å². The quantitative estimate of drug-likeness (QED) is 0.743. The molecule has 0 heterocycles. The lowest BCUT2D eigenvalue weighted by Gasteiger charge is -2.11. The minimum Gasteiger partial charge on any atom is -0.395 e. The van der Waals surface area contributed by atoms with Gasteiger partial charge in [0.05, 0.1) is 6.61 Å². The van der Waals surface area contributed by atoms with E-state index in [0.29, 0.717) is 0 Å². The lowest BCUT2D eigenvalue weighted by atomic mass is 9.96. The first-order chi connectivity index (χ1) is 7.40. The van der Waals surface area contributed by atoms with Crippen molar-refractivity contribution < 1.29 is 5.11 Å². The zero-order valence-corrected chi connectivity index (χ0v) is 8.76. The van der Waals surface area contributed by atoms with Gasteiger partial charge in [0.15, 0.2) is 0 Å². The molecule has 1 aromatic rings. The van der Waals surface area contributed by atoms with Crippen molar-refractivity contribution in [3.63, 3.8) is 0 Å². The molecule has 78 valence electrons. The summed E-state index contributed by atoms with van der Waals surface area (Å²) in [4.78, 5) is 0. The van der Waals surface area contributed by atoms with Gasteiger partial charge in [0.25, 0.3) is 0 Å². The number of hydrogen-bond acceptors (Lipinski definition) is 1. The molecular weight excluding hydrogens is 184 g/mol. The van der Waals surface area contributed by atoms with Crippen LogP contribution >= 0.6 is 0 Å². The smallest absolute Gasteiger partial charge is 0.0534 e. The van der Waals surface area contributed by atoms with Crippen molar-refractivity contribution in [3.8, 4) is 0 Å². The van der Waals surface area contributed by atoms with Gasteiger partial charge < -0.3 is 5.11 Å². The summed E-state index contributed by atoms with van der Waals surface area (Å²) >= 11 is 0. The molecule has 1 aromatic carbocycles. The fourth-order valence-electron chi connectivity index (χ4n) is 1.93.